The number of phenols is 1. The molecule has 20 heavy (non-hydrogen) atoms. The fraction of sp³-hybridized carbons (Fsp3) is 0. The summed E-state index contributed by atoms with van der Waals surface area (Å²) in [6, 6.07) is 10.6. The Bertz CT molecular complexity index is 645. The lowest BCUT2D eigenvalue weighted by Crippen LogP contribution is -2.30. The summed E-state index contributed by atoms with van der Waals surface area (Å²) in [6.07, 6.45) is 0. The zero-order valence-electron chi connectivity index (χ0n) is 10.4. The maximum absolute atomic E-state index is 9.19. The van der Waals surface area contributed by atoms with E-state index in [1.165, 1.54) is 30.3 Å². The molecule has 0 aliphatic heterocycles. The van der Waals surface area contributed by atoms with Crippen LogP contribution in [0.5, 0.6) is 5.75 Å². The molecule has 0 aromatic heterocycles. The number of nitrogens with two attached hydrogens (primary N) is 1. The normalized spacial score (nSPS) is 11.4. The van der Waals surface area contributed by atoms with Crippen LogP contribution in [0.4, 0.5) is 11.4 Å². The maximum atomic E-state index is 9.19. The third-order valence-electron chi connectivity index (χ3n) is 2.67. The highest BCUT2D eigenvalue weighted by Gasteiger charge is 2.14. The minimum atomic E-state index is -1.60. The molecule has 0 aliphatic carbocycles. The van der Waals surface area contributed by atoms with Gasteiger partial charge in [0, 0.05) is 11.3 Å². The van der Waals surface area contributed by atoms with Gasteiger partial charge in [0.2, 0.25) is 0 Å². The molecule has 0 aliphatic rings. The van der Waals surface area contributed by atoms with Gasteiger partial charge >= 0.3 is 7.12 Å². The highest BCUT2D eigenvalue weighted by molar-refractivity contribution is 6.70. The average Bonchev–Trinajstić information content (AvgIpc) is 2.41. The van der Waals surface area contributed by atoms with Crippen molar-refractivity contribution < 1.29 is 15.2 Å². The van der Waals surface area contributed by atoms with E-state index >= 15 is 0 Å². The van der Waals surface area contributed by atoms with E-state index in [-0.39, 0.29) is 16.4 Å². The van der Waals surface area contributed by atoms with Crippen molar-refractivity contribution >= 4 is 40.7 Å². The third-order valence-corrected chi connectivity index (χ3v) is 2.96. The standard InChI is InChI=1S/C13H12BClN2O3/c15-13(17-9-2-4-10(18)5-3-9)11-7-8(14(19)20)1-6-12(11)16/h1-7,18-20H,16H2. The molecule has 0 saturated heterocycles. The van der Waals surface area contributed by atoms with Crippen LogP contribution in [0.3, 0.4) is 0 Å². The zero-order chi connectivity index (χ0) is 14.7. The van der Waals surface area contributed by atoms with E-state index in [0.717, 1.165) is 0 Å². The van der Waals surface area contributed by atoms with Crippen molar-refractivity contribution in [3.05, 3.63) is 48.0 Å². The highest BCUT2D eigenvalue weighted by Crippen LogP contribution is 2.21. The molecular formula is C13H12BClN2O3. The Morgan fingerprint density at radius 3 is 2.35 bits per heavy atom. The van der Waals surface area contributed by atoms with Gasteiger partial charge in [-0.25, -0.2) is 4.99 Å². The molecule has 7 heteroatoms. The van der Waals surface area contributed by atoms with Crippen molar-refractivity contribution in [3.63, 3.8) is 0 Å². The van der Waals surface area contributed by atoms with Gasteiger partial charge in [-0.3, -0.25) is 0 Å². The van der Waals surface area contributed by atoms with Gasteiger partial charge in [-0.2, -0.15) is 0 Å². The van der Waals surface area contributed by atoms with Crippen LogP contribution in [0.25, 0.3) is 0 Å². The van der Waals surface area contributed by atoms with Crippen LogP contribution in [0.2, 0.25) is 0 Å². The minimum Gasteiger partial charge on any atom is -0.508 e. The number of phenolic OH excluding ortho intramolecular Hbond substituents is 1. The quantitative estimate of drug-likeness (QED) is 0.384. The van der Waals surface area contributed by atoms with E-state index < -0.39 is 7.12 Å². The van der Waals surface area contributed by atoms with Gasteiger partial charge < -0.3 is 20.9 Å². The van der Waals surface area contributed by atoms with Crippen LogP contribution in [-0.2, 0) is 0 Å². The zero-order valence-corrected chi connectivity index (χ0v) is 11.1. The fourth-order valence-corrected chi connectivity index (χ4v) is 1.88. The van der Waals surface area contributed by atoms with Gasteiger partial charge in [-0.1, -0.05) is 23.7 Å². The first-order chi connectivity index (χ1) is 9.47. The fourth-order valence-electron chi connectivity index (χ4n) is 1.61. The predicted molar refractivity (Wildman–Crippen MR) is 80.8 cm³/mol. The molecule has 2 aromatic carbocycles. The summed E-state index contributed by atoms with van der Waals surface area (Å²) in [5.41, 5.74) is 7.40. The van der Waals surface area contributed by atoms with Gasteiger partial charge in [-0.15, -0.1) is 0 Å². The maximum Gasteiger partial charge on any atom is 0.488 e. The number of nitrogen functional groups attached to an aromatic ring is 1. The lowest BCUT2D eigenvalue weighted by atomic mass is 9.79. The van der Waals surface area contributed by atoms with Gasteiger partial charge in [-0.05, 0) is 35.8 Å². The van der Waals surface area contributed by atoms with Crippen LogP contribution in [0.15, 0.2) is 47.5 Å². The number of anilines is 1. The van der Waals surface area contributed by atoms with Gasteiger partial charge in [0.1, 0.15) is 10.9 Å². The molecule has 5 nitrogen and oxygen atoms in total. The summed E-state index contributed by atoms with van der Waals surface area (Å²) in [4.78, 5) is 4.16. The lowest BCUT2D eigenvalue weighted by Gasteiger charge is -2.07. The van der Waals surface area contributed by atoms with E-state index in [2.05, 4.69) is 4.99 Å². The molecule has 0 unspecified atom stereocenters. The molecule has 2 rings (SSSR count). The molecule has 0 saturated carbocycles. The summed E-state index contributed by atoms with van der Waals surface area (Å²) >= 11 is 6.11. The van der Waals surface area contributed by atoms with Crippen molar-refractivity contribution in [2.75, 3.05) is 5.73 Å². The van der Waals surface area contributed by atoms with E-state index in [1.807, 2.05) is 0 Å². The largest absolute Gasteiger partial charge is 0.508 e. The molecule has 0 fully saturated rings. The Labute approximate surface area is 121 Å². The number of rotatable bonds is 3. The lowest BCUT2D eigenvalue weighted by molar-refractivity contribution is 0.426. The van der Waals surface area contributed by atoms with E-state index in [4.69, 9.17) is 27.4 Å². The van der Waals surface area contributed by atoms with Crippen LogP contribution in [0.1, 0.15) is 5.56 Å². The van der Waals surface area contributed by atoms with Gasteiger partial charge in [0.25, 0.3) is 0 Å². The molecule has 5 N–H and O–H groups in total. The highest BCUT2D eigenvalue weighted by atomic mass is 35.5. The summed E-state index contributed by atoms with van der Waals surface area (Å²) in [7, 11) is -1.60. The van der Waals surface area contributed by atoms with Crippen molar-refractivity contribution in [1.82, 2.24) is 0 Å². The number of hydrogen-bond acceptors (Lipinski definition) is 5. The first-order valence-corrected chi connectivity index (χ1v) is 6.14. The predicted octanol–water partition coefficient (Wildman–Crippen LogP) is 0.971. The molecule has 0 radical (unpaired) electrons. The van der Waals surface area contributed by atoms with Crippen LogP contribution in [0, 0.1) is 0 Å². The number of aliphatic imine (C=N–C) groups is 1. The minimum absolute atomic E-state index is 0.121. The Morgan fingerprint density at radius 2 is 1.75 bits per heavy atom. The van der Waals surface area contributed by atoms with E-state index in [1.54, 1.807) is 12.1 Å². The van der Waals surface area contributed by atoms with Crippen molar-refractivity contribution in [2.45, 2.75) is 0 Å². The third kappa shape index (κ3) is 3.30. The van der Waals surface area contributed by atoms with Crippen molar-refractivity contribution in [1.29, 1.82) is 0 Å². The second-order valence-electron chi connectivity index (χ2n) is 4.14. The van der Waals surface area contributed by atoms with E-state index in [9.17, 15) is 5.11 Å². The van der Waals surface area contributed by atoms with Crippen LogP contribution >= 0.6 is 11.6 Å². The molecule has 0 atom stereocenters. The Morgan fingerprint density at radius 1 is 1.10 bits per heavy atom. The van der Waals surface area contributed by atoms with Crippen molar-refractivity contribution in [3.8, 4) is 5.75 Å². The summed E-state index contributed by atoms with van der Waals surface area (Å²) in [5.74, 6) is 0.130. The van der Waals surface area contributed by atoms with E-state index in [0.29, 0.717) is 16.9 Å². The molecule has 0 bridgehead atoms. The van der Waals surface area contributed by atoms with Gasteiger partial charge in [0.15, 0.2) is 0 Å². The molecule has 2 aromatic rings. The Kier molecular flexibility index (Phi) is 4.29. The molecular weight excluding hydrogens is 278 g/mol. The van der Waals surface area contributed by atoms with Crippen molar-refractivity contribution in [2.24, 2.45) is 4.99 Å². The molecule has 0 spiro atoms. The Balaban J connectivity index is 2.39. The number of halogens is 1. The number of aromatic hydroxyl groups is 1. The first-order valence-electron chi connectivity index (χ1n) is 5.76. The summed E-state index contributed by atoms with van der Waals surface area (Å²) in [6.45, 7) is 0. The topological polar surface area (TPSA) is 99.1 Å². The number of benzene rings is 2. The first kappa shape index (κ1) is 14.4. The molecule has 0 heterocycles. The second kappa shape index (κ2) is 5.96. The average molecular weight is 291 g/mol. The SMILES string of the molecule is Nc1ccc(B(O)O)cc1C(Cl)=Nc1ccc(O)cc1. The van der Waals surface area contributed by atoms with Crippen LogP contribution < -0.4 is 11.2 Å². The second-order valence-corrected chi connectivity index (χ2v) is 4.50. The Hall–Kier alpha value is -2.02. The number of hydrogen-bond donors (Lipinski definition) is 4. The molecule has 102 valence electrons. The monoisotopic (exact) mass is 290 g/mol. The summed E-state index contributed by atoms with van der Waals surface area (Å²) < 4.78 is 0. The smallest absolute Gasteiger partial charge is 0.488 e. The van der Waals surface area contributed by atoms with Crippen LogP contribution in [-0.4, -0.2) is 27.4 Å². The van der Waals surface area contributed by atoms with Gasteiger partial charge in [0.05, 0.1) is 5.69 Å². The number of nitrogens with zero attached hydrogens (tertiary/aromatic N) is 1. The summed E-state index contributed by atoms with van der Waals surface area (Å²) in [5, 5.41) is 27.6. The molecule has 0 amide bonds.